The molecule has 1 heterocycles. The van der Waals surface area contributed by atoms with E-state index in [1.54, 1.807) is 6.20 Å². The normalized spacial score (nSPS) is 13.4. The number of alkyl carbamates (subject to hydrolysis) is 1. The van der Waals surface area contributed by atoms with E-state index in [4.69, 9.17) is 4.74 Å². The van der Waals surface area contributed by atoms with Gasteiger partial charge in [0, 0.05) is 25.6 Å². The maximum absolute atomic E-state index is 14.2. The molecule has 4 aromatic carbocycles. The summed E-state index contributed by atoms with van der Waals surface area (Å²) < 4.78 is 5.47. The lowest BCUT2D eigenvalue weighted by molar-refractivity contribution is -0.134. The van der Waals surface area contributed by atoms with Crippen LogP contribution in [0.3, 0.4) is 0 Å². The van der Waals surface area contributed by atoms with Gasteiger partial charge in [0.05, 0.1) is 18.1 Å². The number of nitrogens with zero attached hydrogens (tertiary/aromatic N) is 1. The predicted octanol–water partition coefficient (Wildman–Crippen LogP) is 4.34. The Morgan fingerprint density at radius 3 is 2.08 bits per heavy atom. The van der Waals surface area contributed by atoms with Crippen LogP contribution in [0, 0.1) is 5.92 Å². The predicted molar refractivity (Wildman–Crippen MR) is 201 cm³/mol. The van der Waals surface area contributed by atoms with Gasteiger partial charge < -0.3 is 36.1 Å². The molecular formula is C41H46N6O6. The number of carbonyl (C=O) groups excluding carboxylic acids is 4. The van der Waals surface area contributed by atoms with E-state index in [1.807, 2.05) is 117 Å². The zero-order valence-corrected chi connectivity index (χ0v) is 29.8. The maximum Gasteiger partial charge on any atom is 0.408 e. The summed E-state index contributed by atoms with van der Waals surface area (Å²) in [6.07, 6.45) is 1.08. The van der Waals surface area contributed by atoms with Gasteiger partial charge >= 0.3 is 6.09 Å². The molecule has 0 aliphatic heterocycles. The number of aliphatic hydroxyl groups excluding tert-OH is 1. The van der Waals surface area contributed by atoms with E-state index in [0.29, 0.717) is 5.69 Å². The molecule has 6 N–H and O–H groups in total. The highest BCUT2D eigenvalue weighted by atomic mass is 16.5. The van der Waals surface area contributed by atoms with Crippen molar-refractivity contribution in [2.24, 2.45) is 5.92 Å². The second-order valence-electron chi connectivity index (χ2n) is 13.3. The molecule has 5 rings (SSSR count). The number of nitrogens with one attached hydrogen (secondary N) is 5. The molecule has 0 saturated carbocycles. The fourth-order valence-corrected chi connectivity index (χ4v) is 6.03. The number of aromatic amines is 1. The summed E-state index contributed by atoms with van der Waals surface area (Å²) in [5, 5.41) is 24.1. The quantitative estimate of drug-likeness (QED) is 0.0830. The molecule has 4 atom stereocenters. The van der Waals surface area contributed by atoms with Crippen LogP contribution in [0.25, 0.3) is 10.8 Å². The van der Waals surface area contributed by atoms with Crippen LogP contribution in [0.15, 0.2) is 116 Å². The summed E-state index contributed by atoms with van der Waals surface area (Å²) in [6, 6.07) is 28.6. The molecule has 0 fully saturated rings. The second kappa shape index (κ2) is 19.0. The van der Waals surface area contributed by atoms with Crippen molar-refractivity contribution in [3.63, 3.8) is 0 Å². The van der Waals surface area contributed by atoms with Gasteiger partial charge in [-0.3, -0.25) is 14.4 Å². The topological polar surface area (TPSA) is 175 Å². The summed E-state index contributed by atoms with van der Waals surface area (Å²) in [6.45, 7) is 4.03. The first-order valence-corrected chi connectivity index (χ1v) is 17.7. The van der Waals surface area contributed by atoms with Crippen LogP contribution in [0.2, 0.25) is 0 Å². The van der Waals surface area contributed by atoms with Gasteiger partial charge in [-0.1, -0.05) is 117 Å². The Morgan fingerprint density at radius 2 is 1.38 bits per heavy atom. The number of hydrogen-bond acceptors (Lipinski definition) is 7. The zero-order valence-electron chi connectivity index (χ0n) is 29.8. The average Bonchev–Trinajstić information content (AvgIpc) is 3.69. The van der Waals surface area contributed by atoms with Crippen LogP contribution in [-0.2, 0) is 45.1 Å². The Balaban J connectivity index is 1.35. The molecule has 0 aliphatic rings. The smallest absolute Gasteiger partial charge is 0.408 e. The van der Waals surface area contributed by atoms with Crippen LogP contribution in [-0.4, -0.2) is 63.1 Å². The van der Waals surface area contributed by atoms with Gasteiger partial charge in [0.2, 0.25) is 11.8 Å². The SMILES string of the molecule is CC(C)CC(NC(=O)[C@@H](Cc1c[nH]cn1)NC(=O)[C@H](Cc1cccc2ccccc12)NC(=O)OCc1ccccc1)C(O)C(=O)NCc1ccccc1. The minimum absolute atomic E-state index is 0.00202. The Morgan fingerprint density at radius 1 is 0.736 bits per heavy atom. The third-order valence-corrected chi connectivity index (χ3v) is 8.74. The number of fused-ring (bicyclic) bond motifs is 1. The van der Waals surface area contributed by atoms with E-state index >= 15 is 0 Å². The van der Waals surface area contributed by atoms with Gasteiger partial charge in [0.15, 0.2) is 6.10 Å². The van der Waals surface area contributed by atoms with E-state index in [9.17, 15) is 24.3 Å². The summed E-state index contributed by atoms with van der Waals surface area (Å²) >= 11 is 0. The van der Waals surface area contributed by atoms with Crippen molar-refractivity contribution < 1.29 is 29.0 Å². The molecule has 0 bridgehead atoms. The summed E-state index contributed by atoms with van der Waals surface area (Å²) in [5.74, 6) is -1.89. The summed E-state index contributed by atoms with van der Waals surface area (Å²) in [4.78, 5) is 61.5. The largest absolute Gasteiger partial charge is 0.445 e. The highest BCUT2D eigenvalue weighted by molar-refractivity contribution is 5.93. The first kappa shape index (κ1) is 38.2. The number of carbonyl (C=O) groups is 4. The first-order valence-electron chi connectivity index (χ1n) is 17.7. The zero-order chi connectivity index (χ0) is 37.6. The van der Waals surface area contributed by atoms with Crippen molar-refractivity contribution in [3.8, 4) is 0 Å². The van der Waals surface area contributed by atoms with Crippen LogP contribution < -0.4 is 21.3 Å². The number of imidazole rings is 1. The van der Waals surface area contributed by atoms with Crippen molar-refractivity contribution in [1.29, 1.82) is 0 Å². The van der Waals surface area contributed by atoms with E-state index < -0.39 is 48.0 Å². The van der Waals surface area contributed by atoms with Gasteiger partial charge in [-0.2, -0.15) is 0 Å². The molecule has 1 aromatic heterocycles. The molecular weight excluding hydrogens is 672 g/mol. The lowest BCUT2D eigenvalue weighted by atomic mass is 9.97. The number of aromatic nitrogens is 2. The van der Waals surface area contributed by atoms with Crippen molar-refractivity contribution >= 4 is 34.6 Å². The number of amides is 4. The number of aliphatic hydroxyl groups is 1. The molecule has 0 aliphatic carbocycles. The van der Waals surface area contributed by atoms with Gasteiger partial charge in [-0.05, 0) is 39.8 Å². The average molecular weight is 719 g/mol. The minimum atomic E-state index is -1.56. The molecule has 2 unspecified atom stereocenters. The van der Waals surface area contributed by atoms with Crippen LogP contribution in [0.1, 0.15) is 42.7 Å². The van der Waals surface area contributed by atoms with Gasteiger partial charge in [0.1, 0.15) is 18.7 Å². The van der Waals surface area contributed by atoms with Crippen molar-refractivity contribution in [2.75, 3.05) is 0 Å². The third kappa shape index (κ3) is 11.5. The Bertz CT molecular complexity index is 1930. The van der Waals surface area contributed by atoms with Crippen LogP contribution in [0.5, 0.6) is 0 Å². The number of hydrogen-bond donors (Lipinski definition) is 6. The first-order chi connectivity index (χ1) is 25.7. The lowest BCUT2D eigenvalue weighted by Gasteiger charge is -2.28. The number of ether oxygens (including phenoxy) is 1. The standard InChI is InChI=1S/C41H46N6O6/c1-27(2)20-34(37(48)40(51)43-23-28-12-5-3-6-13-28)45-39(50)36(22-32-24-42-26-44-32)46-38(49)35(47-41(52)53-25-29-14-7-4-8-15-29)21-31-18-11-17-30-16-9-10-19-33(30)31/h3-19,24,26-27,34-37,48H,20-23,25H2,1-2H3,(H,42,44)(H,43,51)(H,45,50)(H,46,49)(H,47,52)/t34?,35-,36+,37?/m0/s1. The monoisotopic (exact) mass is 718 g/mol. The second-order valence-corrected chi connectivity index (χ2v) is 13.3. The number of benzene rings is 4. The Labute approximate surface area is 308 Å². The molecule has 0 radical (unpaired) electrons. The minimum Gasteiger partial charge on any atom is -0.445 e. The number of H-pyrrole nitrogens is 1. The molecule has 276 valence electrons. The van der Waals surface area contributed by atoms with Gasteiger partial charge in [-0.15, -0.1) is 0 Å². The van der Waals surface area contributed by atoms with E-state index in [2.05, 4.69) is 31.2 Å². The summed E-state index contributed by atoms with van der Waals surface area (Å²) in [7, 11) is 0. The molecule has 5 aromatic rings. The summed E-state index contributed by atoms with van der Waals surface area (Å²) in [5.41, 5.74) is 2.93. The number of rotatable bonds is 17. The van der Waals surface area contributed by atoms with E-state index in [0.717, 1.165) is 27.5 Å². The maximum atomic E-state index is 14.2. The van der Waals surface area contributed by atoms with Crippen LogP contribution in [0.4, 0.5) is 4.79 Å². The highest BCUT2D eigenvalue weighted by Gasteiger charge is 2.33. The molecule has 0 spiro atoms. The molecule has 12 nitrogen and oxygen atoms in total. The fraction of sp³-hybridized carbons (Fsp3) is 0.293. The van der Waals surface area contributed by atoms with Gasteiger partial charge in [0.25, 0.3) is 5.91 Å². The van der Waals surface area contributed by atoms with Crippen LogP contribution >= 0.6 is 0 Å². The third-order valence-electron chi connectivity index (χ3n) is 8.74. The van der Waals surface area contributed by atoms with Crippen molar-refractivity contribution in [1.82, 2.24) is 31.2 Å². The fourth-order valence-electron chi connectivity index (χ4n) is 6.03. The van der Waals surface area contributed by atoms with Gasteiger partial charge in [-0.25, -0.2) is 9.78 Å². The molecule has 0 saturated heterocycles. The molecule has 12 heteroatoms. The van der Waals surface area contributed by atoms with Crippen molar-refractivity contribution in [2.45, 2.75) is 70.5 Å². The lowest BCUT2D eigenvalue weighted by Crippen LogP contribution is -2.58. The molecule has 53 heavy (non-hydrogen) atoms. The van der Waals surface area contributed by atoms with E-state index in [1.165, 1.54) is 6.33 Å². The Hall–Kier alpha value is -6.01. The van der Waals surface area contributed by atoms with Crippen molar-refractivity contribution in [3.05, 3.63) is 138 Å². The Kier molecular flexibility index (Phi) is 13.7. The highest BCUT2D eigenvalue weighted by Crippen LogP contribution is 2.20. The molecule has 4 amide bonds. The van der Waals surface area contributed by atoms with E-state index in [-0.39, 0.29) is 38.3 Å².